The summed E-state index contributed by atoms with van der Waals surface area (Å²) in [7, 11) is 0. The van der Waals surface area contributed by atoms with Gasteiger partial charge in [-0.2, -0.15) is 0 Å². The molecule has 0 aliphatic carbocycles. The van der Waals surface area contributed by atoms with Gasteiger partial charge in [0.1, 0.15) is 13.2 Å². The maximum atomic E-state index is 12.6. The highest BCUT2D eigenvalue weighted by molar-refractivity contribution is 5.79. The predicted molar refractivity (Wildman–Crippen MR) is 103 cm³/mol. The van der Waals surface area contributed by atoms with Gasteiger partial charge in [-0.1, -0.05) is 60.7 Å². The molecule has 0 bridgehead atoms. The van der Waals surface area contributed by atoms with Crippen molar-refractivity contribution in [1.29, 1.82) is 0 Å². The highest BCUT2D eigenvalue weighted by atomic mass is 16.6. The van der Waals surface area contributed by atoms with E-state index in [-0.39, 0.29) is 37.4 Å². The number of likely N-dealkylation sites (tertiary alicyclic amines) is 1. The Morgan fingerprint density at radius 1 is 1.04 bits per heavy atom. The van der Waals surface area contributed by atoms with Gasteiger partial charge in [0, 0.05) is 19.6 Å². The molecule has 28 heavy (non-hydrogen) atoms. The fourth-order valence-electron chi connectivity index (χ4n) is 3.81. The van der Waals surface area contributed by atoms with Crippen LogP contribution in [0, 0.1) is 0 Å². The number of benzene rings is 2. The highest BCUT2D eigenvalue weighted by Crippen LogP contribution is 2.26. The van der Waals surface area contributed by atoms with Crippen molar-refractivity contribution in [1.82, 2.24) is 9.80 Å². The van der Waals surface area contributed by atoms with Crippen molar-refractivity contribution in [2.45, 2.75) is 31.7 Å². The van der Waals surface area contributed by atoms with Gasteiger partial charge >= 0.3 is 6.09 Å². The van der Waals surface area contributed by atoms with Crippen LogP contribution in [-0.2, 0) is 27.4 Å². The first-order valence-electron chi connectivity index (χ1n) is 9.61. The van der Waals surface area contributed by atoms with Crippen molar-refractivity contribution in [3.05, 3.63) is 71.8 Å². The van der Waals surface area contributed by atoms with Crippen molar-refractivity contribution >= 4 is 12.0 Å². The van der Waals surface area contributed by atoms with Crippen LogP contribution in [-0.4, -0.2) is 53.6 Å². The SMILES string of the molecule is O=C(OCc1ccccc1)N1CC[C@H]2OCC(=O)N(Cc3ccccc3)[C@H]2C1. The molecule has 0 N–H and O–H groups in total. The van der Waals surface area contributed by atoms with Crippen LogP contribution >= 0.6 is 0 Å². The molecular formula is C22H24N2O4. The number of morpholine rings is 1. The number of hydrogen-bond donors (Lipinski definition) is 0. The standard InChI is InChI=1S/C22H24N2O4/c25-21-16-27-20-11-12-23(22(26)28-15-18-9-5-2-6-10-18)14-19(20)24(21)13-17-7-3-1-4-8-17/h1-10,19-20H,11-16H2/t19-,20+/m0/s1. The van der Waals surface area contributed by atoms with Crippen LogP contribution in [0.25, 0.3) is 0 Å². The molecule has 2 heterocycles. The third kappa shape index (κ3) is 4.17. The number of rotatable bonds is 4. The molecule has 0 radical (unpaired) electrons. The molecule has 6 nitrogen and oxygen atoms in total. The minimum absolute atomic E-state index is 0.0374. The van der Waals surface area contributed by atoms with Crippen molar-refractivity contribution in [3.63, 3.8) is 0 Å². The normalized spacial score (nSPS) is 21.9. The number of amides is 2. The summed E-state index contributed by atoms with van der Waals surface area (Å²) in [6.45, 7) is 1.87. The second kappa shape index (κ2) is 8.44. The maximum Gasteiger partial charge on any atom is 0.410 e. The Hall–Kier alpha value is -2.86. The van der Waals surface area contributed by atoms with Crippen LogP contribution in [0.3, 0.4) is 0 Å². The van der Waals surface area contributed by atoms with E-state index in [9.17, 15) is 9.59 Å². The molecule has 0 saturated carbocycles. The van der Waals surface area contributed by atoms with Gasteiger partial charge in [0.05, 0.1) is 12.1 Å². The van der Waals surface area contributed by atoms with E-state index in [1.165, 1.54) is 0 Å². The van der Waals surface area contributed by atoms with Crippen LogP contribution in [0.2, 0.25) is 0 Å². The molecule has 0 unspecified atom stereocenters. The smallest absolute Gasteiger partial charge is 0.410 e. The Labute approximate surface area is 164 Å². The molecule has 2 atom stereocenters. The molecule has 2 fully saturated rings. The fraction of sp³-hybridized carbons (Fsp3) is 0.364. The molecule has 0 aromatic heterocycles. The number of carbonyl (C=O) groups excluding carboxylic acids is 2. The lowest BCUT2D eigenvalue weighted by Crippen LogP contribution is -2.62. The van der Waals surface area contributed by atoms with Gasteiger partial charge in [-0.3, -0.25) is 4.79 Å². The molecule has 2 aromatic rings. The lowest BCUT2D eigenvalue weighted by molar-refractivity contribution is -0.163. The van der Waals surface area contributed by atoms with E-state index < -0.39 is 0 Å². The van der Waals surface area contributed by atoms with Gasteiger partial charge in [-0.05, 0) is 17.5 Å². The van der Waals surface area contributed by atoms with E-state index in [1.807, 2.05) is 65.6 Å². The predicted octanol–water partition coefficient (Wildman–Crippen LogP) is 2.83. The maximum absolute atomic E-state index is 12.6. The van der Waals surface area contributed by atoms with Gasteiger partial charge in [0.25, 0.3) is 0 Å². The second-order valence-corrected chi connectivity index (χ2v) is 7.20. The number of piperidine rings is 1. The van der Waals surface area contributed by atoms with Crippen LogP contribution in [0.1, 0.15) is 17.5 Å². The Morgan fingerprint density at radius 3 is 2.43 bits per heavy atom. The van der Waals surface area contributed by atoms with E-state index in [0.717, 1.165) is 11.1 Å². The number of ether oxygens (including phenoxy) is 2. The number of nitrogens with zero attached hydrogens (tertiary/aromatic N) is 2. The lowest BCUT2D eigenvalue weighted by Gasteiger charge is -2.46. The van der Waals surface area contributed by atoms with Crippen LogP contribution < -0.4 is 0 Å². The Morgan fingerprint density at radius 2 is 1.71 bits per heavy atom. The van der Waals surface area contributed by atoms with Gasteiger partial charge in [-0.25, -0.2) is 4.79 Å². The first kappa shape index (κ1) is 18.5. The minimum atomic E-state index is -0.347. The summed E-state index contributed by atoms with van der Waals surface area (Å²) >= 11 is 0. The van der Waals surface area contributed by atoms with Crippen molar-refractivity contribution in [3.8, 4) is 0 Å². The first-order valence-corrected chi connectivity index (χ1v) is 9.61. The molecule has 2 aliphatic rings. The van der Waals surface area contributed by atoms with Gasteiger partial charge in [-0.15, -0.1) is 0 Å². The van der Waals surface area contributed by atoms with Crippen LogP contribution in [0.5, 0.6) is 0 Å². The average molecular weight is 380 g/mol. The fourth-order valence-corrected chi connectivity index (χ4v) is 3.81. The van der Waals surface area contributed by atoms with Gasteiger partial charge < -0.3 is 19.3 Å². The third-order valence-corrected chi connectivity index (χ3v) is 5.32. The van der Waals surface area contributed by atoms with Crippen LogP contribution in [0.4, 0.5) is 4.79 Å². The molecule has 4 rings (SSSR count). The number of carbonyl (C=O) groups is 2. The monoisotopic (exact) mass is 380 g/mol. The molecule has 6 heteroatoms. The van der Waals surface area contributed by atoms with E-state index in [0.29, 0.717) is 26.1 Å². The van der Waals surface area contributed by atoms with Crippen molar-refractivity contribution in [2.75, 3.05) is 19.7 Å². The van der Waals surface area contributed by atoms with E-state index in [2.05, 4.69) is 0 Å². The van der Waals surface area contributed by atoms with Gasteiger partial charge in [0.15, 0.2) is 0 Å². The molecule has 2 amide bonds. The van der Waals surface area contributed by atoms with Crippen molar-refractivity contribution < 1.29 is 19.1 Å². The largest absolute Gasteiger partial charge is 0.445 e. The zero-order valence-electron chi connectivity index (χ0n) is 15.7. The summed E-state index contributed by atoms with van der Waals surface area (Å²) in [4.78, 5) is 28.6. The molecule has 2 aliphatic heterocycles. The van der Waals surface area contributed by atoms with Gasteiger partial charge in [0.2, 0.25) is 5.91 Å². The lowest BCUT2D eigenvalue weighted by atomic mass is 9.98. The Bertz CT molecular complexity index is 812. The van der Waals surface area contributed by atoms with E-state index >= 15 is 0 Å². The Kier molecular flexibility index (Phi) is 5.58. The summed E-state index contributed by atoms with van der Waals surface area (Å²) in [5.41, 5.74) is 2.02. The first-order chi connectivity index (χ1) is 13.7. The van der Waals surface area contributed by atoms with E-state index in [1.54, 1.807) is 4.90 Å². The Balaban J connectivity index is 1.41. The zero-order chi connectivity index (χ0) is 19.3. The molecule has 0 spiro atoms. The molecule has 146 valence electrons. The zero-order valence-corrected chi connectivity index (χ0v) is 15.7. The molecular weight excluding hydrogens is 356 g/mol. The number of fused-ring (bicyclic) bond motifs is 1. The topological polar surface area (TPSA) is 59.1 Å². The molecule has 2 aromatic carbocycles. The summed E-state index contributed by atoms with van der Waals surface area (Å²) in [6, 6.07) is 19.4. The summed E-state index contributed by atoms with van der Waals surface area (Å²) in [5, 5.41) is 0. The summed E-state index contributed by atoms with van der Waals surface area (Å²) < 4.78 is 11.2. The summed E-state index contributed by atoms with van der Waals surface area (Å²) in [6.07, 6.45) is 0.309. The quantitative estimate of drug-likeness (QED) is 0.818. The number of hydrogen-bond acceptors (Lipinski definition) is 4. The summed E-state index contributed by atoms with van der Waals surface area (Å²) in [5.74, 6) is -0.0374. The highest BCUT2D eigenvalue weighted by Gasteiger charge is 2.41. The third-order valence-electron chi connectivity index (χ3n) is 5.32. The van der Waals surface area contributed by atoms with E-state index in [4.69, 9.17) is 9.47 Å². The van der Waals surface area contributed by atoms with Crippen molar-refractivity contribution in [2.24, 2.45) is 0 Å². The minimum Gasteiger partial charge on any atom is -0.445 e. The second-order valence-electron chi connectivity index (χ2n) is 7.20. The average Bonchev–Trinajstić information content (AvgIpc) is 2.75. The van der Waals surface area contributed by atoms with Crippen LogP contribution in [0.15, 0.2) is 60.7 Å². The molecule has 2 saturated heterocycles.